The van der Waals surface area contributed by atoms with Gasteiger partial charge in [0.2, 0.25) is 5.88 Å². The van der Waals surface area contributed by atoms with Crippen molar-refractivity contribution >= 4 is 33.2 Å². The van der Waals surface area contributed by atoms with Gasteiger partial charge in [-0.15, -0.1) is 0 Å². The van der Waals surface area contributed by atoms with Crippen molar-refractivity contribution in [2.24, 2.45) is 0 Å². The van der Waals surface area contributed by atoms with E-state index in [9.17, 15) is 9.50 Å². The van der Waals surface area contributed by atoms with Gasteiger partial charge in [-0.25, -0.2) is 19.3 Å². The molecule has 1 aliphatic carbocycles. The van der Waals surface area contributed by atoms with E-state index in [4.69, 9.17) is 5.73 Å². The fourth-order valence-electron chi connectivity index (χ4n) is 3.22. The second kappa shape index (κ2) is 5.13. The lowest BCUT2D eigenvalue weighted by Crippen LogP contribution is -1.96. The lowest BCUT2D eigenvalue weighted by atomic mass is 10.0. The van der Waals surface area contributed by atoms with Gasteiger partial charge in [-0.05, 0) is 24.3 Å². The highest BCUT2D eigenvalue weighted by molar-refractivity contribution is 6.12. The molecule has 3 aromatic heterocycles. The Morgan fingerprint density at radius 3 is 2.62 bits per heavy atom. The van der Waals surface area contributed by atoms with Crippen molar-refractivity contribution in [1.82, 2.24) is 19.5 Å². The molecule has 3 heterocycles. The van der Waals surface area contributed by atoms with Gasteiger partial charge >= 0.3 is 0 Å². The quantitative estimate of drug-likeness (QED) is 0.580. The summed E-state index contributed by atoms with van der Waals surface area (Å²) in [7, 11) is 0. The predicted molar refractivity (Wildman–Crippen MR) is 97.7 cm³/mol. The van der Waals surface area contributed by atoms with Crippen molar-refractivity contribution in [1.29, 1.82) is 0 Å². The minimum atomic E-state index is -0.438. The Balaban J connectivity index is 1.89. The van der Waals surface area contributed by atoms with Crippen LogP contribution in [-0.4, -0.2) is 24.6 Å². The highest BCUT2D eigenvalue weighted by atomic mass is 19.1. The number of nitrogen functional groups attached to an aromatic ring is 1. The minimum absolute atomic E-state index is 0.0106. The van der Waals surface area contributed by atoms with Crippen molar-refractivity contribution in [2.75, 3.05) is 5.73 Å². The van der Waals surface area contributed by atoms with Gasteiger partial charge in [-0.2, -0.15) is 0 Å². The van der Waals surface area contributed by atoms with Crippen LogP contribution in [0.5, 0.6) is 5.88 Å². The maximum atomic E-state index is 14.6. The molecule has 1 aliphatic rings. The average molecular weight is 345 g/mol. The number of anilines is 1. The van der Waals surface area contributed by atoms with Crippen molar-refractivity contribution in [3.8, 4) is 17.0 Å². The molecule has 126 valence electrons. The van der Waals surface area contributed by atoms with E-state index in [2.05, 4.69) is 15.0 Å². The number of aromatic nitrogens is 4. The van der Waals surface area contributed by atoms with E-state index in [0.29, 0.717) is 33.1 Å². The SMILES string of the molecule is Nc1c2ccc(F)c(-c3cncnc3)c2nc2cn(C3=CC=C3)c(O)c12. The number of allylic oxidation sites excluding steroid dienone is 4. The van der Waals surface area contributed by atoms with Crippen LogP contribution in [0.3, 0.4) is 0 Å². The zero-order valence-electron chi connectivity index (χ0n) is 13.4. The monoisotopic (exact) mass is 345 g/mol. The van der Waals surface area contributed by atoms with Gasteiger partial charge in [0.15, 0.2) is 0 Å². The van der Waals surface area contributed by atoms with E-state index in [0.717, 1.165) is 5.70 Å². The summed E-state index contributed by atoms with van der Waals surface area (Å²) in [5.41, 5.74) is 9.18. The van der Waals surface area contributed by atoms with Crippen LogP contribution in [-0.2, 0) is 0 Å². The lowest BCUT2D eigenvalue weighted by molar-refractivity contribution is 0.450. The molecule has 0 saturated carbocycles. The van der Waals surface area contributed by atoms with E-state index in [1.807, 2.05) is 18.2 Å². The van der Waals surface area contributed by atoms with E-state index in [-0.39, 0.29) is 11.4 Å². The molecular weight excluding hydrogens is 333 g/mol. The summed E-state index contributed by atoms with van der Waals surface area (Å²) in [6.45, 7) is 0. The number of hydrogen-bond donors (Lipinski definition) is 2. The minimum Gasteiger partial charge on any atom is -0.494 e. The second-order valence-electron chi connectivity index (χ2n) is 6.00. The number of hydrogen-bond acceptors (Lipinski definition) is 5. The summed E-state index contributed by atoms with van der Waals surface area (Å²) in [5, 5.41) is 11.6. The van der Waals surface area contributed by atoms with Crippen LogP contribution in [0.1, 0.15) is 0 Å². The molecular formula is C19H12FN5O. The molecule has 5 rings (SSSR count). The zero-order chi connectivity index (χ0) is 17.8. The van der Waals surface area contributed by atoms with Crippen LogP contribution in [0.15, 0.2) is 55.3 Å². The summed E-state index contributed by atoms with van der Waals surface area (Å²) < 4.78 is 16.2. The summed E-state index contributed by atoms with van der Waals surface area (Å²) >= 11 is 0. The largest absolute Gasteiger partial charge is 0.494 e. The summed E-state index contributed by atoms with van der Waals surface area (Å²) in [4.78, 5) is 12.5. The van der Waals surface area contributed by atoms with Crippen LogP contribution in [0, 0.1) is 5.82 Å². The standard InChI is InChI=1S/C19H12FN5O/c20-13-5-4-12-17(21)16-14(8-25(19(16)26)11-2-1-3-11)24-18(12)15(13)10-6-22-9-23-7-10/h1-9,26H,21H2. The number of nitrogens with two attached hydrogens (primary N) is 1. The fourth-order valence-corrected chi connectivity index (χ4v) is 3.22. The molecule has 3 N–H and O–H groups in total. The molecule has 1 aromatic carbocycles. The Hall–Kier alpha value is -3.74. The van der Waals surface area contributed by atoms with Gasteiger partial charge in [0.1, 0.15) is 12.1 Å². The molecule has 0 saturated heterocycles. The molecule has 0 amide bonds. The van der Waals surface area contributed by atoms with Crippen molar-refractivity contribution in [3.05, 3.63) is 61.1 Å². The normalized spacial score (nSPS) is 13.2. The van der Waals surface area contributed by atoms with E-state index in [1.54, 1.807) is 16.8 Å². The fraction of sp³-hybridized carbons (Fsp3) is 0. The molecule has 6 nitrogen and oxygen atoms in total. The number of benzene rings is 1. The molecule has 0 spiro atoms. The topological polar surface area (TPSA) is 89.9 Å². The number of nitrogens with zero attached hydrogens (tertiary/aromatic N) is 4. The Bertz CT molecular complexity index is 1260. The smallest absolute Gasteiger partial charge is 0.207 e. The van der Waals surface area contributed by atoms with Crippen LogP contribution >= 0.6 is 0 Å². The highest BCUT2D eigenvalue weighted by Crippen LogP contribution is 2.40. The van der Waals surface area contributed by atoms with Crippen LogP contribution in [0.25, 0.3) is 38.6 Å². The Kier molecular flexibility index (Phi) is 2.88. The maximum Gasteiger partial charge on any atom is 0.207 e. The van der Waals surface area contributed by atoms with E-state index >= 15 is 0 Å². The Labute approximate surface area is 146 Å². The number of pyridine rings is 1. The van der Waals surface area contributed by atoms with E-state index in [1.165, 1.54) is 24.8 Å². The van der Waals surface area contributed by atoms with Gasteiger partial charge in [0.25, 0.3) is 0 Å². The zero-order valence-corrected chi connectivity index (χ0v) is 13.4. The first-order valence-electron chi connectivity index (χ1n) is 7.91. The summed E-state index contributed by atoms with van der Waals surface area (Å²) in [6, 6.07) is 2.90. The number of halogens is 1. The Morgan fingerprint density at radius 1 is 1.15 bits per heavy atom. The average Bonchev–Trinajstić information content (AvgIpc) is 2.91. The molecule has 7 heteroatoms. The van der Waals surface area contributed by atoms with Gasteiger partial charge in [-0.3, -0.25) is 4.57 Å². The van der Waals surface area contributed by atoms with Gasteiger partial charge in [-0.1, -0.05) is 6.08 Å². The van der Waals surface area contributed by atoms with Crippen molar-refractivity contribution in [3.63, 3.8) is 0 Å². The van der Waals surface area contributed by atoms with Crippen LogP contribution < -0.4 is 5.73 Å². The first-order chi connectivity index (χ1) is 12.6. The third-order valence-corrected chi connectivity index (χ3v) is 4.54. The van der Waals surface area contributed by atoms with Crippen molar-refractivity contribution in [2.45, 2.75) is 0 Å². The third-order valence-electron chi connectivity index (χ3n) is 4.54. The van der Waals surface area contributed by atoms with E-state index < -0.39 is 5.82 Å². The van der Waals surface area contributed by atoms with Gasteiger partial charge in [0.05, 0.1) is 22.1 Å². The number of rotatable bonds is 2. The molecule has 4 aromatic rings. The predicted octanol–water partition coefficient (Wildman–Crippen LogP) is 3.48. The highest BCUT2D eigenvalue weighted by Gasteiger charge is 2.21. The molecule has 0 aliphatic heterocycles. The molecule has 0 unspecified atom stereocenters. The first-order valence-corrected chi connectivity index (χ1v) is 7.91. The number of fused-ring (bicyclic) bond motifs is 2. The summed E-state index contributed by atoms with van der Waals surface area (Å²) in [6.07, 6.45) is 11.7. The lowest BCUT2D eigenvalue weighted by Gasteiger charge is -2.10. The molecule has 26 heavy (non-hydrogen) atoms. The first kappa shape index (κ1) is 14.6. The molecule has 0 radical (unpaired) electrons. The Morgan fingerprint density at radius 2 is 1.92 bits per heavy atom. The van der Waals surface area contributed by atoms with Gasteiger partial charge in [0, 0.05) is 40.8 Å². The maximum absolute atomic E-state index is 14.6. The van der Waals surface area contributed by atoms with Gasteiger partial charge < -0.3 is 10.8 Å². The summed E-state index contributed by atoms with van der Waals surface area (Å²) in [5.74, 6) is -0.428. The number of aromatic hydroxyl groups is 1. The van der Waals surface area contributed by atoms with Crippen LogP contribution in [0.2, 0.25) is 0 Å². The molecule has 0 fully saturated rings. The third kappa shape index (κ3) is 1.88. The molecule has 0 atom stereocenters. The van der Waals surface area contributed by atoms with Crippen LogP contribution in [0.4, 0.5) is 10.1 Å². The van der Waals surface area contributed by atoms with Crippen molar-refractivity contribution < 1.29 is 9.50 Å². The molecule has 0 bridgehead atoms. The second-order valence-corrected chi connectivity index (χ2v) is 6.00.